The van der Waals surface area contributed by atoms with E-state index in [9.17, 15) is 4.79 Å². The SMILES string of the molecule is Cc1[nH]ncc1CNC(=O)[C@@H](C)N. The zero-order valence-electron chi connectivity index (χ0n) is 7.79. The first-order chi connectivity index (χ1) is 6.11. The summed E-state index contributed by atoms with van der Waals surface area (Å²) in [5.74, 6) is -0.152. The highest BCUT2D eigenvalue weighted by Crippen LogP contribution is 2.00. The average molecular weight is 182 g/mol. The molecule has 1 amide bonds. The number of carbonyl (C=O) groups is 1. The second-order valence-electron chi connectivity index (χ2n) is 3.03. The second-order valence-corrected chi connectivity index (χ2v) is 3.03. The van der Waals surface area contributed by atoms with E-state index < -0.39 is 6.04 Å². The van der Waals surface area contributed by atoms with E-state index in [0.29, 0.717) is 6.54 Å². The molecular formula is C8H14N4O. The van der Waals surface area contributed by atoms with Gasteiger partial charge in [0.2, 0.25) is 5.91 Å². The molecular weight excluding hydrogens is 168 g/mol. The molecule has 0 bridgehead atoms. The van der Waals surface area contributed by atoms with Crippen molar-refractivity contribution in [3.63, 3.8) is 0 Å². The molecule has 1 aromatic heterocycles. The van der Waals surface area contributed by atoms with Gasteiger partial charge in [0.1, 0.15) is 0 Å². The number of amides is 1. The van der Waals surface area contributed by atoms with Gasteiger partial charge in [0, 0.05) is 17.8 Å². The van der Waals surface area contributed by atoms with Gasteiger partial charge in [-0.05, 0) is 13.8 Å². The summed E-state index contributed by atoms with van der Waals surface area (Å²) in [5, 5.41) is 9.33. The van der Waals surface area contributed by atoms with Gasteiger partial charge in [-0.2, -0.15) is 5.10 Å². The minimum Gasteiger partial charge on any atom is -0.351 e. The minimum atomic E-state index is -0.466. The van der Waals surface area contributed by atoms with Crippen molar-refractivity contribution in [3.05, 3.63) is 17.5 Å². The molecule has 1 atom stereocenters. The molecule has 0 saturated heterocycles. The lowest BCUT2D eigenvalue weighted by atomic mass is 10.2. The number of carbonyl (C=O) groups excluding carboxylic acids is 1. The van der Waals surface area contributed by atoms with Crippen LogP contribution < -0.4 is 11.1 Å². The highest BCUT2D eigenvalue weighted by Gasteiger charge is 2.07. The largest absolute Gasteiger partial charge is 0.351 e. The maximum absolute atomic E-state index is 11.1. The number of rotatable bonds is 3. The van der Waals surface area contributed by atoms with E-state index >= 15 is 0 Å². The van der Waals surface area contributed by atoms with Gasteiger partial charge in [-0.15, -0.1) is 0 Å². The Morgan fingerprint density at radius 3 is 3.00 bits per heavy atom. The van der Waals surface area contributed by atoms with Crippen LogP contribution in [0.4, 0.5) is 0 Å². The van der Waals surface area contributed by atoms with Crippen LogP contribution in [0, 0.1) is 6.92 Å². The van der Waals surface area contributed by atoms with Crippen LogP contribution >= 0.6 is 0 Å². The zero-order chi connectivity index (χ0) is 9.84. The molecule has 72 valence electrons. The number of aromatic amines is 1. The first-order valence-electron chi connectivity index (χ1n) is 4.13. The molecule has 0 fully saturated rings. The van der Waals surface area contributed by atoms with Gasteiger partial charge in [0.25, 0.3) is 0 Å². The first kappa shape index (κ1) is 9.73. The summed E-state index contributed by atoms with van der Waals surface area (Å²) in [6, 6.07) is -0.466. The molecule has 0 radical (unpaired) electrons. The molecule has 1 rings (SSSR count). The maximum Gasteiger partial charge on any atom is 0.236 e. The van der Waals surface area contributed by atoms with Crippen LogP contribution in [-0.2, 0) is 11.3 Å². The van der Waals surface area contributed by atoms with Gasteiger partial charge in [0.15, 0.2) is 0 Å². The Morgan fingerprint density at radius 1 is 1.85 bits per heavy atom. The number of aromatic nitrogens is 2. The van der Waals surface area contributed by atoms with Crippen molar-refractivity contribution in [1.82, 2.24) is 15.5 Å². The topological polar surface area (TPSA) is 83.8 Å². The summed E-state index contributed by atoms with van der Waals surface area (Å²) in [6.07, 6.45) is 1.69. The van der Waals surface area contributed by atoms with Crippen molar-refractivity contribution in [1.29, 1.82) is 0 Å². The minimum absolute atomic E-state index is 0.152. The zero-order valence-corrected chi connectivity index (χ0v) is 7.79. The van der Waals surface area contributed by atoms with Gasteiger partial charge >= 0.3 is 0 Å². The summed E-state index contributed by atoms with van der Waals surface area (Å²) in [4.78, 5) is 11.1. The van der Waals surface area contributed by atoms with Gasteiger partial charge in [-0.1, -0.05) is 0 Å². The molecule has 0 aliphatic carbocycles. The molecule has 0 aliphatic heterocycles. The van der Waals surface area contributed by atoms with Crippen LogP contribution in [0.3, 0.4) is 0 Å². The Morgan fingerprint density at radius 2 is 2.54 bits per heavy atom. The van der Waals surface area contributed by atoms with E-state index in [1.807, 2.05) is 6.92 Å². The highest BCUT2D eigenvalue weighted by molar-refractivity contribution is 5.80. The van der Waals surface area contributed by atoms with Crippen molar-refractivity contribution >= 4 is 5.91 Å². The number of nitrogens with zero attached hydrogens (tertiary/aromatic N) is 1. The van der Waals surface area contributed by atoms with E-state index in [-0.39, 0.29) is 5.91 Å². The lowest BCUT2D eigenvalue weighted by molar-refractivity contribution is -0.122. The molecule has 0 aromatic carbocycles. The summed E-state index contributed by atoms with van der Waals surface area (Å²) in [6.45, 7) is 4.03. The molecule has 0 saturated carbocycles. The predicted octanol–water partition coefficient (Wildman–Crippen LogP) is -0.318. The van der Waals surface area contributed by atoms with Gasteiger partial charge in [0.05, 0.1) is 12.2 Å². The Hall–Kier alpha value is -1.36. The Balaban J connectivity index is 2.44. The third-order valence-electron chi connectivity index (χ3n) is 1.80. The van der Waals surface area contributed by atoms with Crippen molar-refractivity contribution in [2.75, 3.05) is 0 Å². The fourth-order valence-corrected chi connectivity index (χ4v) is 0.897. The average Bonchev–Trinajstić information content (AvgIpc) is 2.47. The maximum atomic E-state index is 11.1. The van der Waals surface area contributed by atoms with Crippen LogP contribution in [0.5, 0.6) is 0 Å². The number of hydrogen-bond donors (Lipinski definition) is 3. The fourth-order valence-electron chi connectivity index (χ4n) is 0.897. The molecule has 1 heterocycles. The molecule has 0 unspecified atom stereocenters. The lowest BCUT2D eigenvalue weighted by Gasteiger charge is -2.06. The number of H-pyrrole nitrogens is 1. The van der Waals surface area contributed by atoms with Crippen LogP contribution in [0.25, 0.3) is 0 Å². The smallest absolute Gasteiger partial charge is 0.236 e. The number of aryl methyl sites for hydroxylation is 1. The summed E-state index contributed by atoms with van der Waals surface area (Å²) < 4.78 is 0. The number of nitrogens with two attached hydrogens (primary N) is 1. The number of nitrogens with one attached hydrogen (secondary N) is 2. The molecule has 5 nitrogen and oxygen atoms in total. The van der Waals surface area contributed by atoms with E-state index in [2.05, 4.69) is 15.5 Å². The first-order valence-corrected chi connectivity index (χ1v) is 4.13. The van der Waals surface area contributed by atoms with E-state index in [4.69, 9.17) is 5.73 Å². The summed E-state index contributed by atoms with van der Waals surface area (Å²) in [7, 11) is 0. The molecule has 5 heteroatoms. The van der Waals surface area contributed by atoms with Gasteiger partial charge in [-0.25, -0.2) is 0 Å². The normalized spacial score (nSPS) is 12.5. The lowest BCUT2D eigenvalue weighted by Crippen LogP contribution is -2.37. The van der Waals surface area contributed by atoms with Crippen molar-refractivity contribution < 1.29 is 4.79 Å². The Bertz CT molecular complexity index is 292. The van der Waals surface area contributed by atoms with Crippen molar-refractivity contribution in [2.45, 2.75) is 26.4 Å². The molecule has 0 aliphatic rings. The molecule has 1 aromatic rings. The van der Waals surface area contributed by atoms with Crippen molar-refractivity contribution in [2.24, 2.45) is 5.73 Å². The highest BCUT2D eigenvalue weighted by atomic mass is 16.2. The summed E-state index contributed by atoms with van der Waals surface area (Å²) in [5.41, 5.74) is 7.32. The molecule has 13 heavy (non-hydrogen) atoms. The third-order valence-corrected chi connectivity index (χ3v) is 1.80. The fraction of sp³-hybridized carbons (Fsp3) is 0.500. The van der Waals surface area contributed by atoms with Crippen LogP contribution in [0.1, 0.15) is 18.2 Å². The summed E-state index contributed by atoms with van der Waals surface area (Å²) >= 11 is 0. The van der Waals surface area contributed by atoms with Crippen LogP contribution in [-0.4, -0.2) is 22.1 Å². The van der Waals surface area contributed by atoms with E-state index in [1.54, 1.807) is 13.1 Å². The molecule has 0 spiro atoms. The van der Waals surface area contributed by atoms with Crippen LogP contribution in [0.2, 0.25) is 0 Å². The number of hydrogen-bond acceptors (Lipinski definition) is 3. The standard InChI is InChI=1S/C8H14N4O/c1-5(9)8(13)10-3-7-4-11-12-6(7)2/h4-5H,3,9H2,1-2H3,(H,10,13)(H,11,12)/t5-/m1/s1. The van der Waals surface area contributed by atoms with Gasteiger partial charge in [-0.3, -0.25) is 9.89 Å². The van der Waals surface area contributed by atoms with E-state index in [0.717, 1.165) is 11.3 Å². The van der Waals surface area contributed by atoms with Crippen molar-refractivity contribution in [3.8, 4) is 0 Å². The third kappa shape index (κ3) is 2.55. The van der Waals surface area contributed by atoms with Gasteiger partial charge < -0.3 is 11.1 Å². The Labute approximate surface area is 76.7 Å². The quantitative estimate of drug-likeness (QED) is 0.599. The van der Waals surface area contributed by atoms with E-state index in [1.165, 1.54) is 0 Å². The Kier molecular flexibility index (Phi) is 3.02. The second kappa shape index (κ2) is 4.04. The van der Waals surface area contributed by atoms with Crippen LogP contribution in [0.15, 0.2) is 6.20 Å². The predicted molar refractivity (Wildman–Crippen MR) is 48.8 cm³/mol. The monoisotopic (exact) mass is 182 g/mol. The molecule has 4 N–H and O–H groups in total.